The number of allylic oxidation sites excluding steroid dienone is 1. The van der Waals surface area contributed by atoms with Gasteiger partial charge >= 0.3 is 7.82 Å². The van der Waals surface area contributed by atoms with Crippen molar-refractivity contribution in [1.29, 1.82) is 0 Å². The molecule has 0 aliphatic carbocycles. The molecule has 0 saturated heterocycles. The molecule has 0 rings (SSSR count). The van der Waals surface area contributed by atoms with Gasteiger partial charge in [0.2, 0.25) is 5.91 Å². The highest BCUT2D eigenvalue weighted by Crippen LogP contribution is 2.43. The topological polar surface area (TPSA) is 105 Å². The van der Waals surface area contributed by atoms with Crippen molar-refractivity contribution in [2.75, 3.05) is 40.9 Å². The molecule has 8 nitrogen and oxygen atoms in total. The molecule has 0 aromatic carbocycles. The Labute approximate surface area is 431 Å². The average molecular weight is 999 g/mol. The first-order valence-corrected chi connectivity index (χ1v) is 32.1. The SMILES string of the molecule is CCCCCCCCCCCCCCCCC/C=C/[C@@H](O)[C@H](COP(=O)(O)OCC[N+](C)(C)C)NC(=O)CCCCCCCCCCCCCCCCCCCCCCCCCCCCCCCC. The fourth-order valence-corrected chi connectivity index (χ4v) is 10.2. The third kappa shape index (κ3) is 54.8. The van der Waals surface area contributed by atoms with Crippen molar-refractivity contribution in [2.45, 2.75) is 328 Å². The van der Waals surface area contributed by atoms with Crippen molar-refractivity contribution in [3.8, 4) is 0 Å². The van der Waals surface area contributed by atoms with Crippen LogP contribution in [-0.2, 0) is 18.4 Å². The maximum atomic E-state index is 13.0. The Morgan fingerprint density at radius 2 is 0.768 bits per heavy atom. The van der Waals surface area contributed by atoms with E-state index in [0.29, 0.717) is 17.4 Å². The van der Waals surface area contributed by atoms with Crippen molar-refractivity contribution >= 4 is 13.7 Å². The van der Waals surface area contributed by atoms with Crippen LogP contribution in [0.25, 0.3) is 0 Å². The van der Waals surface area contributed by atoms with Crippen LogP contribution < -0.4 is 5.32 Å². The summed E-state index contributed by atoms with van der Waals surface area (Å²) in [6, 6.07) is -0.842. The smallest absolute Gasteiger partial charge is 0.387 e. The molecule has 0 spiro atoms. The number of amides is 1. The van der Waals surface area contributed by atoms with E-state index in [2.05, 4.69) is 19.2 Å². The van der Waals surface area contributed by atoms with Gasteiger partial charge in [-0.15, -0.1) is 0 Å². The first kappa shape index (κ1) is 68.2. The molecule has 1 amide bonds. The van der Waals surface area contributed by atoms with Gasteiger partial charge in [0.25, 0.3) is 0 Å². The number of nitrogens with zero attached hydrogens (tertiary/aromatic N) is 1. The number of nitrogens with one attached hydrogen (secondary N) is 1. The lowest BCUT2D eigenvalue weighted by molar-refractivity contribution is -0.870. The fourth-order valence-electron chi connectivity index (χ4n) is 9.46. The molecule has 3 N–H and O–H groups in total. The zero-order valence-electron chi connectivity index (χ0n) is 47.1. The van der Waals surface area contributed by atoms with E-state index in [1.807, 2.05) is 27.2 Å². The minimum atomic E-state index is -4.34. The Morgan fingerprint density at radius 1 is 0.478 bits per heavy atom. The monoisotopic (exact) mass is 998 g/mol. The molecule has 9 heteroatoms. The minimum Gasteiger partial charge on any atom is -0.387 e. The van der Waals surface area contributed by atoms with Crippen LogP contribution in [-0.4, -0.2) is 73.4 Å². The Balaban J connectivity index is 4.04. The van der Waals surface area contributed by atoms with Gasteiger partial charge in [-0.05, 0) is 19.3 Å². The third-order valence-electron chi connectivity index (χ3n) is 14.3. The summed E-state index contributed by atoms with van der Waals surface area (Å²) in [5, 5.41) is 13.9. The van der Waals surface area contributed by atoms with Crippen LogP contribution in [0.15, 0.2) is 12.2 Å². The van der Waals surface area contributed by atoms with Crippen LogP contribution >= 0.6 is 7.82 Å². The molecule has 0 fully saturated rings. The van der Waals surface area contributed by atoms with Gasteiger partial charge in [0.1, 0.15) is 13.2 Å². The van der Waals surface area contributed by atoms with Crippen molar-refractivity contribution in [3.63, 3.8) is 0 Å². The summed E-state index contributed by atoms with van der Waals surface area (Å²) in [4.78, 5) is 23.3. The maximum absolute atomic E-state index is 13.0. The normalized spacial score (nSPS) is 13.9. The first-order chi connectivity index (χ1) is 33.5. The number of hydrogen-bond acceptors (Lipinski definition) is 5. The summed E-state index contributed by atoms with van der Waals surface area (Å²) in [5.74, 6) is -0.169. The van der Waals surface area contributed by atoms with E-state index in [-0.39, 0.29) is 19.1 Å². The highest BCUT2D eigenvalue weighted by molar-refractivity contribution is 7.47. The summed E-state index contributed by atoms with van der Waals surface area (Å²) in [5.41, 5.74) is 0. The molecule has 0 radical (unpaired) electrons. The lowest BCUT2D eigenvalue weighted by Crippen LogP contribution is -2.45. The number of aliphatic hydroxyl groups is 1. The number of phosphoric acid groups is 1. The molecule has 1 unspecified atom stereocenters. The van der Waals surface area contributed by atoms with E-state index in [9.17, 15) is 19.4 Å². The van der Waals surface area contributed by atoms with Crippen molar-refractivity contribution in [1.82, 2.24) is 5.32 Å². The van der Waals surface area contributed by atoms with E-state index in [1.165, 1.54) is 263 Å². The van der Waals surface area contributed by atoms with E-state index >= 15 is 0 Å². The summed E-state index contributed by atoms with van der Waals surface area (Å²) in [6.07, 6.45) is 64.7. The predicted octanol–water partition coefficient (Wildman–Crippen LogP) is 18.6. The number of rotatable bonds is 57. The first-order valence-electron chi connectivity index (χ1n) is 30.6. The summed E-state index contributed by atoms with van der Waals surface area (Å²) >= 11 is 0. The molecular weight excluding hydrogens is 876 g/mol. The molecule has 0 heterocycles. The molecule has 0 aromatic rings. The lowest BCUT2D eigenvalue weighted by atomic mass is 10.0. The zero-order valence-corrected chi connectivity index (χ0v) is 48.0. The zero-order chi connectivity index (χ0) is 50.6. The molecule has 412 valence electrons. The van der Waals surface area contributed by atoms with Gasteiger partial charge < -0.3 is 19.8 Å². The van der Waals surface area contributed by atoms with E-state index in [0.717, 1.165) is 32.1 Å². The second-order valence-electron chi connectivity index (χ2n) is 22.4. The van der Waals surface area contributed by atoms with Crippen molar-refractivity contribution in [3.05, 3.63) is 12.2 Å². The summed E-state index contributed by atoms with van der Waals surface area (Å²) < 4.78 is 23.7. The van der Waals surface area contributed by atoms with Crippen LogP contribution in [0, 0.1) is 0 Å². The molecule has 0 saturated carbocycles. The van der Waals surface area contributed by atoms with E-state index in [4.69, 9.17) is 9.05 Å². The van der Waals surface area contributed by atoms with Gasteiger partial charge in [0, 0.05) is 6.42 Å². The lowest BCUT2D eigenvalue weighted by Gasteiger charge is -2.25. The van der Waals surface area contributed by atoms with Gasteiger partial charge in [0.05, 0.1) is 39.9 Å². The number of hydrogen-bond donors (Lipinski definition) is 3. The number of carbonyl (C=O) groups is 1. The summed E-state index contributed by atoms with van der Waals surface area (Å²) in [7, 11) is 1.59. The molecule has 0 aromatic heterocycles. The molecular formula is C60H122N2O6P+. The van der Waals surface area contributed by atoms with Crippen LogP contribution in [0.5, 0.6) is 0 Å². The standard InChI is InChI=1S/C60H121N2O6P/c1-6-8-10-12-14-16-18-20-22-24-25-26-27-28-29-30-31-32-33-34-35-36-38-40-42-44-46-48-50-52-54-60(64)61-58(57-68-69(65,66)67-56-55-62(3,4)5)59(63)53-51-49-47-45-43-41-39-37-23-21-19-17-15-13-11-9-7-2/h51,53,58-59,63H,6-50,52,54-57H2,1-5H3,(H-,61,64,65,66)/p+1/b53-51+/t58-,59+/m0/s1. The number of phosphoric ester groups is 1. The van der Waals surface area contributed by atoms with Gasteiger partial charge in [0.15, 0.2) is 0 Å². The number of aliphatic hydroxyl groups excluding tert-OH is 1. The highest BCUT2D eigenvalue weighted by atomic mass is 31.2. The van der Waals surface area contributed by atoms with Gasteiger partial charge in [-0.3, -0.25) is 13.8 Å². The van der Waals surface area contributed by atoms with Crippen LogP contribution in [0.4, 0.5) is 0 Å². The van der Waals surface area contributed by atoms with Crippen molar-refractivity contribution < 1.29 is 32.9 Å². The number of likely N-dealkylation sites (N-methyl/N-ethyl adjacent to an activating group) is 1. The second-order valence-corrected chi connectivity index (χ2v) is 23.9. The number of quaternary nitrogens is 1. The Hall–Kier alpha value is -0.760. The fraction of sp³-hybridized carbons (Fsp3) is 0.950. The third-order valence-corrected chi connectivity index (χ3v) is 15.2. The second kappa shape index (κ2) is 52.1. The minimum absolute atomic E-state index is 0.0652. The number of unbranched alkanes of at least 4 members (excludes halogenated alkanes) is 44. The van der Waals surface area contributed by atoms with Crippen molar-refractivity contribution in [2.24, 2.45) is 0 Å². The number of carbonyl (C=O) groups excluding carboxylic acids is 1. The largest absolute Gasteiger partial charge is 0.472 e. The maximum Gasteiger partial charge on any atom is 0.472 e. The average Bonchev–Trinajstić information content (AvgIpc) is 3.31. The Morgan fingerprint density at radius 3 is 1.07 bits per heavy atom. The highest BCUT2D eigenvalue weighted by Gasteiger charge is 2.27. The Bertz CT molecular complexity index is 1130. The van der Waals surface area contributed by atoms with Gasteiger partial charge in [-0.2, -0.15) is 0 Å². The quantitative estimate of drug-likeness (QED) is 0.0243. The van der Waals surface area contributed by atoms with Gasteiger partial charge in [-0.25, -0.2) is 4.57 Å². The Kier molecular flexibility index (Phi) is 51.5. The van der Waals surface area contributed by atoms with Gasteiger partial charge in [-0.1, -0.05) is 302 Å². The van der Waals surface area contributed by atoms with E-state index < -0.39 is 20.0 Å². The van der Waals surface area contributed by atoms with Crippen LogP contribution in [0.3, 0.4) is 0 Å². The molecule has 3 atom stereocenters. The predicted molar refractivity (Wildman–Crippen MR) is 300 cm³/mol. The molecule has 0 bridgehead atoms. The summed E-state index contributed by atoms with van der Waals surface area (Å²) in [6.45, 7) is 4.87. The van der Waals surface area contributed by atoms with Crippen LogP contribution in [0.1, 0.15) is 316 Å². The molecule has 69 heavy (non-hydrogen) atoms. The van der Waals surface area contributed by atoms with Crippen LogP contribution in [0.2, 0.25) is 0 Å². The molecule has 0 aliphatic rings. The molecule has 0 aliphatic heterocycles. The van der Waals surface area contributed by atoms with E-state index in [1.54, 1.807) is 6.08 Å².